The van der Waals surface area contributed by atoms with E-state index in [1.807, 2.05) is 30.3 Å². The number of anilines is 2. The molecule has 4 N–H and O–H groups in total. The van der Waals surface area contributed by atoms with Crippen LogP contribution in [0.3, 0.4) is 0 Å². The average molecular weight is 318 g/mol. The molecule has 3 aromatic rings. The first kappa shape index (κ1) is 15.6. The van der Waals surface area contributed by atoms with Crippen LogP contribution in [-0.4, -0.2) is 12.9 Å². The van der Waals surface area contributed by atoms with Crippen molar-refractivity contribution in [2.45, 2.75) is 0 Å². The van der Waals surface area contributed by atoms with Crippen molar-refractivity contribution < 1.29 is 9.53 Å². The minimum Gasteiger partial charge on any atom is -0.497 e. The van der Waals surface area contributed by atoms with Gasteiger partial charge in [0.1, 0.15) is 5.75 Å². The van der Waals surface area contributed by atoms with Gasteiger partial charge in [0.25, 0.3) is 0 Å². The molecule has 0 spiro atoms. The van der Waals surface area contributed by atoms with Gasteiger partial charge >= 0.3 is 0 Å². The largest absolute Gasteiger partial charge is 0.497 e. The van der Waals surface area contributed by atoms with E-state index in [-0.39, 0.29) is 5.78 Å². The van der Waals surface area contributed by atoms with E-state index in [1.54, 1.807) is 43.5 Å². The van der Waals surface area contributed by atoms with Crippen LogP contribution in [0.2, 0.25) is 0 Å². The lowest BCUT2D eigenvalue weighted by molar-refractivity contribution is 0.103. The first-order valence-corrected chi connectivity index (χ1v) is 7.52. The Hall–Kier alpha value is -3.27. The Morgan fingerprint density at radius 1 is 0.833 bits per heavy atom. The maximum Gasteiger partial charge on any atom is 0.193 e. The zero-order valence-corrected chi connectivity index (χ0v) is 13.3. The van der Waals surface area contributed by atoms with Crippen LogP contribution in [0.1, 0.15) is 15.9 Å². The Morgan fingerprint density at radius 3 is 2.08 bits per heavy atom. The molecule has 0 amide bonds. The molecule has 120 valence electrons. The zero-order valence-electron chi connectivity index (χ0n) is 13.3. The number of carbonyl (C=O) groups excluding carboxylic acids is 1. The van der Waals surface area contributed by atoms with Gasteiger partial charge in [-0.25, -0.2) is 0 Å². The van der Waals surface area contributed by atoms with Gasteiger partial charge < -0.3 is 16.2 Å². The van der Waals surface area contributed by atoms with Crippen LogP contribution in [0, 0.1) is 0 Å². The second-order valence-electron chi connectivity index (χ2n) is 5.48. The Kier molecular flexibility index (Phi) is 4.20. The molecule has 3 rings (SSSR count). The second-order valence-corrected chi connectivity index (χ2v) is 5.48. The summed E-state index contributed by atoms with van der Waals surface area (Å²) in [6.45, 7) is 0. The third kappa shape index (κ3) is 3.08. The molecular formula is C20H18N2O2. The van der Waals surface area contributed by atoms with Crippen LogP contribution in [-0.2, 0) is 0 Å². The molecule has 4 nitrogen and oxygen atoms in total. The molecule has 24 heavy (non-hydrogen) atoms. The summed E-state index contributed by atoms with van der Waals surface area (Å²) in [5.74, 6) is 0.620. The van der Waals surface area contributed by atoms with Gasteiger partial charge in [0.15, 0.2) is 5.78 Å². The fourth-order valence-corrected chi connectivity index (χ4v) is 2.56. The minimum absolute atomic E-state index is 0.0863. The first-order chi connectivity index (χ1) is 11.6. The monoisotopic (exact) mass is 318 g/mol. The van der Waals surface area contributed by atoms with Crippen molar-refractivity contribution in [2.75, 3.05) is 18.6 Å². The van der Waals surface area contributed by atoms with Crippen molar-refractivity contribution in [3.8, 4) is 16.9 Å². The van der Waals surface area contributed by atoms with E-state index in [0.29, 0.717) is 28.3 Å². The number of ketones is 1. The number of hydrogen-bond donors (Lipinski definition) is 2. The maximum atomic E-state index is 12.9. The standard InChI is InChI=1S/C20H18N2O2/c1-24-17-9-4-14(5-10-17)20(23)19-12-16(22)8-11-18(19)13-2-6-15(21)7-3-13/h2-12H,21-22H2,1H3. The van der Waals surface area contributed by atoms with Crippen molar-refractivity contribution in [3.63, 3.8) is 0 Å². The Labute approximate surface area is 140 Å². The van der Waals surface area contributed by atoms with Crippen molar-refractivity contribution in [2.24, 2.45) is 0 Å². The third-order valence-corrected chi connectivity index (χ3v) is 3.86. The smallest absolute Gasteiger partial charge is 0.193 e. The Morgan fingerprint density at radius 2 is 1.46 bits per heavy atom. The quantitative estimate of drug-likeness (QED) is 0.567. The van der Waals surface area contributed by atoms with Crippen LogP contribution in [0.4, 0.5) is 11.4 Å². The number of benzene rings is 3. The van der Waals surface area contributed by atoms with E-state index in [1.165, 1.54) is 0 Å². The summed E-state index contributed by atoms with van der Waals surface area (Å²) >= 11 is 0. The molecule has 0 bridgehead atoms. The minimum atomic E-state index is -0.0863. The molecule has 0 aliphatic rings. The van der Waals surface area contributed by atoms with E-state index in [9.17, 15) is 4.79 Å². The molecule has 0 saturated carbocycles. The van der Waals surface area contributed by atoms with E-state index in [2.05, 4.69) is 0 Å². The lowest BCUT2D eigenvalue weighted by Crippen LogP contribution is -2.05. The zero-order chi connectivity index (χ0) is 17.1. The van der Waals surface area contributed by atoms with E-state index < -0.39 is 0 Å². The number of methoxy groups -OCH3 is 1. The van der Waals surface area contributed by atoms with Crippen LogP contribution in [0.5, 0.6) is 5.75 Å². The summed E-state index contributed by atoms with van der Waals surface area (Å²) < 4.78 is 5.13. The first-order valence-electron chi connectivity index (χ1n) is 7.52. The normalized spacial score (nSPS) is 10.4. The SMILES string of the molecule is COc1ccc(C(=O)c2cc(N)ccc2-c2ccc(N)cc2)cc1. The van der Waals surface area contributed by atoms with Gasteiger partial charge in [0, 0.05) is 22.5 Å². The molecule has 0 atom stereocenters. The Balaban J connectivity index is 2.07. The van der Waals surface area contributed by atoms with Gasteiger partial charge in [-0.1, -0.05) is 18.2 Å². The summed E-state index contributed by atoms with van der Waals surface area (Å²) in [5.41, 5.74) is 15.8. The summed E-state index contributed by atoms with van der Waals surface area (Å²) in [6.07, 6.45) is 0. The average Bonchev–Trinajstić information content (AvgIpc) is 2.62. The van der Waals surface area contributed by atoms with Crippen LogP contribution >= 0.6 is 0 Å². The van der Waals surface area contributed by atoms with Gasteiger partial charge in [-0.05, 0) is 59.7 Å². The third-order valence-electron chi connectivity index (χ3n) is 3.86. The highest BCUT2D eigenvalue weighted by atomic mass is 16.5. The molecule has 0 unspecified atom stereocenters. The molecule has 0 aromatic heterocycles. The Bertz CT molecular complexity index is 869. The molecule has 3 aromatic carbocycles. The molecule has 0 radical (unpaired) electrons. The van der Waals surface area contributed by atoms with Gasteiger partial charge in [0.05, 0.1) is 7.11 Å². The summed E-state index contributed by atoms with van der Waals surface area (Å²) in [7, 11) is 1.59. The second kappa shape index (κ2) is 6.46. The lowest BCUT2D eigenvalue weighted by atomic mass is 9.93. The summed E-state index contributed by atoms with van der Waals surface area (Å²) in [6, 6.07) is 19.8. The number of hydrogen-bond acceptors (Lipinski definition) is 4. The van der Waals surface area contributed by atoms with Crippen molar-refractivity contribution in [1.82, 2.24) is 0 Å². The lowest BCUT2D eigenvalue weighted by Gasteiger charge is -2.11. The van der Waals surface area contributed by atoms with Gasteiger partial charge in [-0.2, -0.15) is 0 Å². The fourth-order valence-electron chi connectivity index (χ4n) is 2.56. The maximum absolute atomic E-state index is 12.9. The van der Waals surface area contributed by atoms with Crippen molar-refractivity contribution >= 4 is 17.2 Å². The van der Waals surface area contributed by atoms with Gasteiger partial charge in [0.2, 0.25) is 0 Å². The topological polar surface area (TPSA) is 78.3 Å². The van der Waals surface area contributed by atoms with E-state index in [0.717, 1.165) is 11.1 Å². The number of carbonyl (C=O) groups is 1. The number of ether oxygens (including phenoxy) is 1. The van der Waals surface area contributed by atoms with Crippen LogP contribution < -0.4 is 16.2 Å². The predicted octanol–water partition coefficient (Wildman–Crippen LogP) is 3.76. The van der Waals surface area contributed by atoms with Crippen molar-refractivity contribution in [1.29, 1.82) is 0 Å². The molecule has 0 heterocycles. The molecule has 4 heteroatoms. The van der Waals surface area contributed by atoms with Gasteiger partial charge in [-0.15, -0.1) is 0 Å². The predicted molar refractivity (Wildman–Crippen MR) is 97.1 cm³/mol. The molecule has 0 aliphatic heterocycles. The van der Waals surface area contributed by atoms with E-state index >= 15 is 0 Å². The fraction of sp³-hybridized carbons (Fsp3) is 0.0500. The van der Waals surface area contributed by atoms with Crippen molar-refractivity contribution in [3.05, 3.63) is 77.9 Å². The molecular weight excluding hydrogens is 300 g/mol. The molecule has 0 aliphatic carbocycles. The van der Waals surface area contributed by atoms with Gasteiger partial charge in [-0.3, -0.25) is 4.79 Å². The highest BCUT2D eigenvalue weighted by Gasteiger charge is 2.15. The highest BCUT2D eigenvalue weighted by Crippen LogP contribution is 2.28. The summed E-state index contributed by atoms with van der Waals surface area (Å²) in [5, 5.41) is 0. The molecule has 0 saturated heterocycles. The van der Waals surface area contributed by atoms with E-state index in [4.69, 9.17) is 16.2 Å². The number of nitrogen functional groups attached to an aromatic ring is 2. The number of rotatable bonds is 4. The number of nitrogens with two attached hydrogens (primary N) is 2. The van der Waals surface area contributed by atoms with Crippen LogP contribution in [0.15, 0.2) is 66.7 Å². The van der Waals surface area contributed by atoms with Crippen LogP contribution in [0.25, 0.3) is 11.1 Å². The molecule has 0 fully saturated rings. The summed E-state index contributed by atoms with van der Waals surface area (Å²) in [4.78, 5) is 12.9. The highest BCUT2D eigenvalue weighted by molar-refractivity contribution is 6.13.